The number of ether oxygens (including phenoxy) is 2. The van der Waals surface area contributed by atoms with E-state index in [1.165, 1.54) is 7.11 Å². The van der Waals surface area contributed by atoms with Crippen LogP contribution in [0.2, 0.25) is 0 Å². The van der Waals surface area contributed by atoms with Gasteiger partial charge in [-0.3, -0.25) is 9.59 Å². The molecule has 2 aromatic rings. The molecule has 4 nitrogen and oxygen atoms in total. The van der Waals surface area contributed by atoms with E-state index in [-0.39, 0.29) is 18.4 Å². The number of rotatable bonds is 3. The second-order valence-electron chi connectivity index (χ2n) is 4.89. The molecular formula is C17H14O4. The Kier molecular flexibility index (Phi) is 3.44. The predicted molar refractivity (Wildman–Crippen MR) is 76.1 cm³/mol. The zero-order valence-electron chi connectivity index (χ0n) is 11.5. The van der Waals surface area contributed by atoms with Crippen molar-refractivity contribution in [3.63, 3.8) is 0 Å². The van der Waals surface area contributed by atoms with Crippen molar-refractivity contribution in [1.82, 2.24) is 0 Å². The van der Waals surface area contributed by atoms with Gasteiger partial charge < -0.3 is 9.47 Å². The van der Waals surface area contributed by atoms with E-state index in [0.29, 0.717) is 5.75 Å². The summed E-state index contributed by atoms with van der Waals surface area (Å²) in [4.78, 5) is 23.5. The maximum absolute atomic E-state index is 12.1. The fraction of sp³-hybridized carbons (Fsp3) is 0.176. The molecule has 1 aliphatic rings. The third kappa shape index (κ3) is 2.52. The lowest BCUT2D eigenvalue weighted by molar-refractivity contribution is -0.139. The van der Waals surface area contributed by atoms with Gasteiger partial charge in [-0.05, 0) is 17.2 Å². The van der Waals surface area contributed by atoms with Gasteiger partial charge in [-0.15, -0.1) is 0 Å². The van der Waals surface area contributed by atoms with Gasteiger partial charge in [0, 0.05) is 5.56 Å². The van der Waals surface area contributed by atoms with E-state index in [1.807, 2.05) is 36.4 Å². The van der Waals surface area contributed by atoms with E-state index >= 15 is 0 Å². The summed E-state index contributed by atoms with van der Waals surface area (Å²) in [5.41, 5.74) is 2.49. The van der Waals surface area contributed by atoms with Crippen molar-refractivity contribution in [3.05, 3.63) is 65.2 Å². The van der Waals surface area contributed by atoms with Crippen LogP contribution in [-0.2, 0) is 20.7 Å². The molecule has 0 amide bonds. The van der Waals surface area contributed by atoms with Gasteiger partial charge in [0.15, 0.2) is 0 Å². The van der Waals surface area contributed by atoms with Crippen LogP contribution in [0, 0.1) is 0 Å². The number of carbonyl (C=O) groups is 2. The van der Waals surface area contributed by atoms with Crippen molar-refractivity contribution in [2.24, 2.45) is 0 Å². The van der Waals surface area contributed by atoms with Crippen LogP contribution in [0.1, 0.15) is 22.6 Å². The highest BCUT2D eigenvalue weighted by atomic mass is 16.5. The minimum absolute atomic E-state index is 0.180. The number of fused-ring (bicyclic) bond motifs is 1. The summed E-state index contributed by atoms with van der Waals surface area (Å²) in [6.45, 7) is 0. The summed E-state index contributed by atoms with van der Waals surface area (Å²) in [7, 11) is 1.36. The first-order valence-corrected chi connectivity index (χ1v) is 6.65. The van der Waals surface area contributed by atoms with Crippen LogP contribution >= 0.6 is 0 Å². The van der Waals surface area contributed by atoms with E-state index in [2.05, 4.69) is 4.74 Å². The van der Waals surface area contributed by atoms with Gasteiger partial charge in [-0.1, -0.05) is 42.5 Å². The van der Waals surface area contributed by atoms with Gasteiger partial charge in [0.25, 0.3) is 0 Å². The average Bonchev–Trinajstić information content (AvgIpc) is 2.83. The summed E-state index contributed by atoms with van der Waals surface area (Å²) >= 11 is 0. The molecule has 0 bridgehead atoms. The summed E-state index contributed by atoms with van der Waals surface area (Å²) < 4.78 is 9.97. The fourth-order valence-electron chi connectivity index (χ4n) is 2.52. The molecule has 0 aromatic heterocycles. The summed E-state index contributed by atoms with van der Waals surface area (Å²) in [5, 5.41) is 0. The maximum Gasteiger partial charge on any atom is 0.323 e. The fourth-order valence-corrected chi connectivity index (χ4v) is 2.52. The lowest BCUT2D eigenvalue weighted by Gasteiger charge is -2.08. The average molecular weight is 282 g/mol. The Morgan fingerprint density at radius 3 is 2.67 bits per heavy atom. The molecule has 4 heteroatoms. The molecule has 106 valence electrons. The Morgan fingerprint density at radius 1 is 1.19 bits per heavy atom. The highest BCUT2D eigenvalue weighted by molar-refractivity contribution is 5.89. The van der Waals surface area contributed by atoms with Gasteiger partial charge in [-0.25, -0.2) is 0 Å². The minimum Gasteiger partial charge on any atom is -0.469 e. The molecule has 1 aliphatic heterocycles. The smallest absolute Gasteiger partial charge is 0.323 e. The second kappa shape index (κ2) is 5.40. The van der Waals surface area contributed by atoms with E-state index in [0.717, 1.165) is 16.7 Å². The predicted octanol–water partition coefficient (Wildman–Crippen LogP) is 2.45. The van der Waals surface area contributed by atoms with Crippen LogP contribution in [-0.4, -0.2) is 19.0 Å². The van der Waals surface area contributed by atoms with Gasteiger partial charge in [0.1, 0.15) is 11.7 Å². The van der Waals surface area contributed by atoms with Crippen LogP contribution in [0.5, 0.6) is 5.75 Å². The Hall–Kier alpha value is -2.62. The van der Waals surface area contributed by atoms with Crippen molar-refractivity contribution < 1.29 is 19.1 Å². The first kappa shape index (κ1) is 13.4. The minimum atomic E-state index is -0.432. The molecule has 21 heavy (non-hydrogen) atoms. The molecule has 0 spiro atoms. The van der Waals surface area contributed by atoms with Gasteiger partial charge in [-0.2, -0.15) is 0 Å². The molecular weight excluding hydrogens is 268 g/mol. The monoisotopic (exact) mass is 282 g/mol. The molecule has 0 unspecified atom stereocenters. The maximum atomic E-state index is 12.1. The zero-order chi connectivity index (χ0) is 14.8. The van der Waals surface area contributed by atoms with E-state index in [4.69, 9.17) is 4.74 Å². The van der Waals surface area contributed by atoms with Crippen LogP contribution in [0.4, 0.5) is 0 Å². The Bertz CT molecular complexity index is 691. The molecule has 1 heterocycles. The molecule has 2 aromatic carbocycles. The quantitative estimate of drug-likeness (QED) is 0.641. The van der Waals surface area contributed by atoms with Gasteiger partial charge >= 0.3 is 11.9 Å². The zero-order valence-corrected chi connectivity index (χ0v) is 11.5. The Labute approximate surface area is 122 Å². The number of hydrogen-bond donors (Lipinski definition) is 0. The Balaban J connectivity index is 1.99. The van der Waals surface area contributed by atoms with Crippen LogP contribution in [0.3, 0.4) is 0 Å². The number of methoxy groups -OCH3 is 1. The van der Waals surface area contributed by atoms with E-state index in [1.54, 1.807) is 12.1 Å². The van der Waals surface area contributed by atoms with Gasteiger partial charge in [0.05, 0.1) is 13.5 Å². The first-order valence-electron chi connectivity index (χ1n) is 6.65. The summed E-state index contributed by atoms with van der Waals surface area (Å²) in [5.74, 6) is -0.468. The van der Waals surface area contributed by atoms with Crippen molar-refractivity contribution in [1.29, 1.82) is 0 Å². The van der Waals surface area contributed by atoms with Gasteiger partial charge in [0.2, 0.25) is 0 Å². The first-order chi connectivity index (χ1) is 10.2. The third-order valence-electron chi connectivity index (χ3n) is 3.54. The molecule has 0 radical (unpaired) electrons. The SMILES string of the molecule is COC(=O)Cc1ccc2c(c1)[C@@H](c1ccccc1)C(=O)O2. The lowest BCUT2D eigenvalue weighted by atomic mass is 9.91. The third-order valence-corrected chi connectivity index (χ3v) is 3.54. The van der Waals surface area contributed by atoms with Crippen LogP contribution in [0.25, 0.3) is 0 Å². The largest absolute Gasteiger partial charge is 0.469 e. The topological polar surface area (TPSA) is 52.6 Å². The molecule has 3 rings (SSSR count). The molecule has 0 saturated carbocycles. The highest BCUT2D eigenvalue weighted by Gasteiger charge is 2.34. The molecule has 0 saturated heterocycles. The highest BCUT2D eigenvalue weighted by Crippen LogP contribution is 2.39. The van der Waals surface area contributed by atoms with Crippen molar-refractivity contribution in [3.8, 4) is 5.75 Å². The Morgan fingerprint density at radius 2 is 1.95 bits per heavy atom. The number of hydrogen-bond acceptors (Lipinski definition) is 4. The molecule has 0 aliphatic carbocycles. The van der Waals surface area contributed by atoms with E-state index in [9.17, 15) is 9.59 Å². The second-order valence-corrected chi connectivity index (χ2v) is 4.89. The lowest BCUT2D eigenvalue weighted by Crippen LogP contribution is -2.11. The molecule has 0 fully saturated rings. The standard InChI is InChI=1S/C17H14O4/c1-20-15(18)10-11-7-8-14-13(9-11)16(17(19)21-14)12-5-3-2-4-6-12/h2-9,16H,10H2,1H3/t16-/m1/s1. The number of carbonyl (C=O) groups excluding carboxylic acids is 2. The summed E-state index contributed by atoms with van der Waals surface area (Å²) in [6, 6.07) is 14.8. The van der Waals surface area contributed by atoms with Crippen molar-refractivity contribution in [2.75, 3.05) is 7.11 Å². The van der Waals surface area contributed by atoms with Crippen molar-refractivity contribution in [2.45, 2.75) is 12.3 Å². The van der Waals surface area contributed by atoms with Crippen LogP contribution in [0.15, 0.2) is 48.5 Å². The molecule has 1 atom stereocenters. The summed E-state index contributed by atoms with van der Waals surface area (Å²) in [6.07, 6.45) is 0.180. The number of benzene rings is 2. The number of esters is 2. The molecule has 0 N–H and O–H groups in total. The van der Waals surface area contributed by atoms with Crippen LogP contribution < -0.4 is 4.74 Å². The van der Waals surface area contributed by atoms with E-state index < -0.39 is 5.92 Å². The van der Waals surface area contributed by atoms with Crippen molar-refractivity contribution >= 4 is 11.9 Å². The normalized spacial score (nSPS) is 16.2.